The van der Waals surface area contributed by atoms with Crippen LogP contribution in [-0.2, 0) is 9.59 Å². The number of carboxylic acid groups (broad SMARTS) is 1. The van der Waals surface area contributed by atoms with Crippen LogP contribution >= 0.6 is 0 Å². The Morgan fingerprint density at radius 3 is 1.67 bits per heavy atom. The molecule has 1 heterocycles. The average molecular weight is 484 g/mol. The molecular formula is C28H25N3O5. The van der Waals surface area contributed by atoms with Gasteiger partial charge in [-0.15, -0.1) is 0 Å². The number of piperazine rings is 1. The molecule has 0 aromatic heterocycles. The number of hydrogen-bond acceptors (Lipinski definition) is 5. The predicted molar refractivity (Wildman–Crippen MR) is 133 cm³/mol. The lowest BCUT2D eigenvalue weighted by Crippen LogP contribution is -2.55. The Balaban J connectivity index is 1.29. The minimum absolute atomic E-state index is 0.0418. The summed E-state index contributed by atoms with van der Waals surface area (Å²) in [6.45, 7) is 2.10. The third kappa shape index (κ3) is 3.36. The van der Waals surface area contributed by atoms with Crippen molar-refractivity contribution in [1.82, 2.24) is 4.90 Å². The number of nitrogens with zero attached hydrogens (tertiary/aromatic N) is 3. The molecule has 1 fully saturated rings. The van der Waals surface area contributed by atoms with Crippen molar-refractivity contribution in [3.63, 3.8) is 0 Å². The van der Waals surface area contributed by atoms with Gasteiger partial charge < -0.3 is 14.9 Å². The van der Waals surface area contributed by atoms with Crippen molar-refractivity contribution in [3.05, 3.63) is 105 Å². The Morgan fingerprint density at radius 1 is 0.750 bits per heavy atom. The molecule has 3 aliphatic carbocycles. The van der Waals surface area contributed by atoms with E-state index in [9.17, 15) is 24.8 Å². The molecule has 0 spiro atoms. The second-order valence-corrected chi connectivity index (χ2v) is 9.69. The maximum Gasteiger partial charge on any atom is 0.308 e. The van der Waals surface area contributed by atoms with Crippen LogP contribution in [0.5, 0.6) is 0 Å². The Morgan fingerprint density at radius 2 is 1.22 bits per heavy atom. The van der Waals surface area contributed by atoms with Gasteiger partial charge in [-0.2, -0.15) is 0 Å². The number of carbonyl (C=O) groups is 2. The van der Waals surface area contributed by atoms with Crippen LogP contribution in [0, 0.1) is 22.0 Å². The summed E-state index contributed by atoms with van der Waals surface area (Å²) < 4.78 is 0. The van der Waals surface area contributed by atoms with Crippen molar-refractivity contribution in [2.45, 2.75) is 11.8 Å². The summed E-state index contributed by atoms with van der Waals surface area (Å²) in [5.74, 6) is -3.16. The zero-order valence-corrected chi connectivity index (χ0v) is 19.5. The molecule has 0 unspecified atom stereocenters. The van der Waals surface area contributed by atoms with Gasteiger partial charge in [-0.1, -0.05) is 48.5 Å². The molecule has 8 nitrogen and oxygen atoms in total. The number of rotatable bonds is 4. The highest BCUT2D eigenvalue weighted by Crippen LogP contribution is 2.58. The first-order chi connectivity index (χ1) is 17.5. The normalized spacial score (nSPS) is 24.1. The molecule has 1 aliphatic heterocycles. The predicted octanol–water partition coefficient (Wildman–Crippen LogP) is 3.85. The number of aliphatic carboxylic acids is 1. The zero-order valence-electron chi connectivity index (χ0n) is 19.5. The molecule has 1 saturated heterocycles. The zero-order chi connectivity index (χ0) is 25.0. The first kappa shape index (κ1) is 22.3. The highest BCUT2D eigenvalue weighted by Gasteiger charge is 2.56. The third-order valence-corrected chi connectivity index (χ3v) is 8.02. The first-order valence-corrected chi connectivity index (χ1v) is 12.1. The highest BCUT2D eigenvalue weighted by molar-refractivity contribution is 5.90. The lowest BCUT2D eigenvalue weighted by Gasteiger charge is -2.50. The molecule has 4 aliphatic rings. The quantitative estimate of drug-likeness (QED) is 0.447. The average Bonchev–Trinajstić information content (AvgIpc) is 2.92. The van der Waals surface area contributed by atoms with Gasteiger partial charge in [0.2, 0.25) is 5.91 Å². The van der Waals surface area contributed by atoms with Crippen molar-refractivity contribution < 1.29 is 19.6 Å². The number of nitro groups is 1. The van der Waals surface area contributed by atoms with Crippen molar-refractivity contribution in [1.29, 1.82) is 0 Å². The summed E-state index contributed by atoms with van der Waals surface area (Å²) in [7, 11) is 0. The molecular weight excluding hydrogens is 458 g/mol. The number of anilines is 1. The third-order valence-electron chi connectivity index (χ3n) is 8.02. The van der Waals surface area contributed by atoms with Gasteiger partial charge in [0.05, 0.1) is 16.8 Å². The molecule has 2 atom stereocenters. The van der Waals surface area contributed by atoms with E-state index in [0.717, 1.165) is 27.9 Å². The smallest absolute Gasteiger partial charge is 0.308 e. The van der Waals surface area contributed by atoms with Gasteiger partial charge in [0, 0.05) is 55.8 Å². The molecule has 0 radical (unpaired) electrons. The minimum atomic E-state index is -0.933. The van der Waals surface area contributed by atoms with Crippen LogP contribution in [0.25, 0.3) is 0 Å². The van der Waals surface area contributed by atoms with Crippen molar-refractivity contribution in [2.24, 2.45) is 11.8 Å². The molecule has 7 rings (SSSR count). The number of hydrogen-bond donors (Lipinski definition) is 1. The Kier molecular flexibility index (Phi) is 5.25. The van der Waals surface area contributed by atoms with E-state index < -0.39 is 22.7 Å². The Hall–Kier alpha value is -4.20. The molecule has 2 bridgehead atoms. The largest absolute Gasteiger partial charge is 0.481 e. The molecule has 182 valence electrons. The van der Waals surface area contributed by atoms with Gasteiger partial charge in [0.1, 0.15) is 0 Å². The van der Waals surface area contributed by atoms with Crippen LogP contribution < -0.4 is 4.90 Å². The lowest BCUT2D eigenvalue weighted by molar-refractivity contribution is -0.384. The van der Waals surface area contributed by atoms with E-state index >= 15 is 0 Å². The summed E-state index contributed by atoms with van der Waals surface area (Å²) in [4.78, 5) is 41.1. The number of carbonyl (C=O) groups excluding carboxylic acids is 1. The second kappa shape index (κ2) is 8.48. The number of nitro benzene ring substituents is 1. The van der Waals surface area contributed by atoms with Crippen LogP contribution in [0.2, 0.25) is 0 Å². The monoisotopic (exact) mass is 483 g/mol. The maximum atomic E-state index is 14.0. The minimum Gasteiger partial charge on any atom is -0.481 e. The Labute approximate surface area is 207 Å². The summed E-state index contributed by atoms with van der Waals surface area (Å²) in [5.41, 5.74) is 5.06. The van der Waals surface area contributed by atoms with Crippen LogP contribution in [0.4, 0.5) is 11.4 Å². The summed E-state index contributed by atoms with van der Waals surface area (Å²) in [6.07, 6.45) is 0. The molecule has 3 aromatic rings. The summed E-state index contributed by atoms with van der Waals surface area (Å²) in [6, 6.07) is 22.3. The van der Waals surface area contributed by atoms with Gasteiger partial charge in [-0.25, -0.2) is 0 Å². The van der Waals surface area contributed by atoms with Crippen molar-refractivity contribution in [2.75, 3.05) is 31.1 Å². The standard InChI is InChI=1S/C28H25N3O5/c32-27(30-15-13-29(14-16-30)17-9-11-18(12-10-17)31(35)36)25-23-19-5-1-3-7-21(19)24(26(25)28(33)34)22-8-4-2-6-20(22)23/h1-12,23-26H,13-16H2,(H,33,34)/t23?,24?,25-,26+/m0/s1. The fourth-order valence-electron chi connectivity index (χ4n) is 6.45. The summed E-state index contributed by atoms with van der Waals surface area (Å²) >= 11 is 0. The van der Waals surface area contributed by atoms with E-state index in [4.69, 9.17) is 0 Å². The number of carboxylic acids is 1. The van der Waals surface area contributed by atoms with E-state index in [1.54, 1.807) is 17.0 Å². The van der Waals surface area contributed by atoms with E-state index in [-0.39, 0.29) is 23.4 Å². The molecule has 1 N–H and O–H groups in total. The highest BCUT2D eigenvalue weighted by atomic mass is 16.6. The lowest BCUT2D eigenvalue weighted by atomic mass is 9.54. The fourth-order valence-corrected chi connectivity index (χ4v) is 6.45. The van der Waals surface area contributed by atoms with E-state index in [0.29, 0.717) is 26.2 Å². The molecule has 8 heteroatoms. The molecule has 0 saturated carbocycles. The van der Waals surface area contributed by atoms with E-state index in [1.807, 2.05) is 48.5 Å². The van der Waals surface area contributed by atoms with Crippen molar-refractivity contribution >= 4 is 23.3 Å². The topological polar surface area (TPSA) is 104 Å². The number of non-ortho nitro benzene ring substituents is 1. The van der Waals surface area contributed by atoms with Gasteiger partial charge >= 0.3 is 5.97 Å². The number of amides is 1. The Bertz CT molecular complexity index is 1320. The number of fused-ring (bicyclic) bond motifs is 1. The van der Waals surface area contributed by atoms with E-state index in [1.165, 1.54) is 12.1 Å². The van der Waals surface area contributed by atoms with Gasteiger partial charge in [0.15, 0.2) is 0 Å². The van der Waals surface area contributed by atoms with E-state index in [2.05, 4.69) is 4.90 Å². The van der Waals surface area contributed by atoms with Crippen LogP contribution in [-0.4, -0.2) is 53.0 Å². The van der Waals surface area contributed by atoms with Crippen LogP contribution in [0.3, 0.4) is 0 Å². The van der Waals surface area contributed by atoms with Gasteiger partial charge in [0.25, 0.3) is 5.69 Å². The van der Waals surface area contributed by atoms with Crippen molar-refractivity contribution in [3.8, 4) is 0 Å². The second-order valence-electron chi connectivity index (χ2n) is 9.69. The summed E-state index contributed by atoms with van der Waals surface area (Å²) in [5, 5.41) is 21.3. The van der Waals surface area contributed by atoms with Gasteiger partial charge in [-0.3, -0.25) is 19.7 Å². The SMILES string of the molecule is O=C(O)[C@@H]1C2c3ccccc3C(c3ccccc32)[C@@H]1C(=O)N1CCN(c2ccc([N+](=O)[O-])cc2)CC1. The molecule has 1 amide bonds. The van der Waals surface area contributed by atoms with Gasteiger partial charge in [-0.05, 0) is 34.4 Å². The number of benzene rings is 3. The molecule has 36 heavy (non-hydrogen) atoms. The maximum absolute atomic E-state index is 14.0. The fraction of sp³-hybridized carbons (Fsp3) is 0.286. The first-order valence-electron chi connectivity index (χ1n) is 12.1. The van der Waals surface area contributed by atoms with Crippen LogP contribution in [0.15, 0.2) is 72.8 Å². The van der Waals surface area contributed by atoms with Crippen LogP contribution in [0.1, 0.15) is 34.1 Å². The molecule has 3 aromatic carbocycles.